The molecule has 0 saturated carbocycles. The van der Waals surface area contributed by atoms with Gasteiger partial charge < -0.3 is 10.1 Å². The van der Waals surface area contributed by atoms with Gasteiger partial charge in [0, 0.05) is 12.2 Å². The van der Waals surface area contributed by atoms with E-state index in [9.17, 15) is 14.0 Å². The molecule has 1 atom stereocenters. The zero-order valence-corrected chi connectivity index (χ0v) is 15.3. The quantitative estimate of drug-likeness (QED) is 0.709. The van der Waals surface area contributed by atoms with Crippen LogP contribution in [0.15, 0.2) is 47.3 Å². The van der Waals surface area contributed by atoms with Crippen LogP contribution in [-0.4, -0.2) is 16.6 Å². The van der Waals surface area contributed by atoms with Crippen molar-refractivity contribution in [1.29, 1.82) is 0 Å². The molecule has 0 radical (unpaired) electrons. The Morgan fingerprint density at radius 1 is 1.23 bits per heavy atom. The summed E-state index contributed by atoms with van der Waals surface area (Å²) in [6, 6.07) is 10.9. The predicted molar refractivity (Wildman–Crippen MR) is 101 cm³/mol. The Balaban J connectivity index is 1.76. The lowest BCUT2D eigenvalue weighted by Gasteiger charge is -2.17. The molecule has 0 saturated heterocycles. The van der Waals surface area contributed by atoms with Crippen molar-refractivity contribution < 1.29 is 13.9 Å². The van der Waals surface area contributed by atoms with Crippen LogP contribution >= 0.6 is 11.3 Å². The fourth-order valence-electron chi connectivity index (χ4n) is 2.67. The highest BCUT2D eigenvalue weighted by atomic mass is 32.1. The van der Waals surface area contributed by atoms with Crippen molar-refractivity contribution >= 4 is 33.1 Å². The summed E-state index contributed by atoms with van der Waals surface area (Å²) < 4.78 is 21.1. The van der Waals surface area contributed by atoms with Crippen molar-refractivity contribution in [1.82, 2.24) is 4.57 Å². The van der Waals surface area contributed by atoms with E-state index in [2.05, 4.69) is 5.32 Å². The smallest absolute Gasteiger partial charge is 0.308 e. The van der Waals surface area contributed by atoms with Gasteiger partial charge in [-0.1, -0.05) is 18.3 Å². The minimum Gasteiger partial charge on any atom is -0.481 e. The van der Waals surface area contributed by atoms with Gasteiger partial charge >= 0.3 is 4.87 Å². The molecule has 5 nitrogen and oxygen atoms in total. The van der Waals surface area contributed by atoms with Gasteiger partial charge in [-0.3, -0.25) is 14.2 Å². The number of halogens is 1. The van der Waals surface area contributed by atoms with E-state index in [0.717, 1.165) is 21.6 Å². The molecule has 1 N–H and O–H groups in total. The molecule has 1 aromatic heterocycles. The first kappa shape index (κ1) is 18.1. The van der Waals surface area contributed by atoms with Gasteiger partial charge in [0.25, 0.3) is 5.91 Å². The summed E-state index contributed by atoms with van der Waals surface area (Å²) in [6.45, 7) is 4.36. The maximum atomic E-state index is 13.0. The van der Waals surface area contributed by atoms with Crippen LogP contribution in [0.4, 0.5) is 10.1 Å². The average molecular weight is 374 g/mol. The van der Waals surface area contributed by atoms with Gasteiger partial charge in [-0.15, -0.1) is 0 Å². The maximum absolute atomic E-state index is 13.0. The largest absolute Gasteiger partial charge is 0.481 e. The molecule has 0 aliphatic heterocycles. The van der Waals surface area contributed by atoms with Crippen molar-refractivity contribution in [2.75, 3.05) is 5.32 Å². The summed E-state index contributed by atoms with van der Waals surface area (Å²) in [5, 5.41) is 2.82. The van der Waals surface area contributed by atoms with E-state index >= 15 is 0 Å². The molecule has 7 heteroatoms. The van der Waals surface area contributed by atoms with Crippen LogP contribution in [0.1, 0.15) is 20.3 Å². The number of carbonyl (C=O) groups excluding carboxylic acids is 1. The molecule has 0 spiro atoms. The van der Waals surface area contributed by atoms with E-state index in [1.807, 2.05) is 19.9 Å². The summed E-state index contributed by atoms with van der Waals surface area (Å²) in [5.41, 5.74) is 1.46. The number of carbonyl (C=O) groups is 1. The average Bonchev–Trinajstić information content (AvgIpc) is 2.95. The highest BCUT2D eigenvalue weighted by Gasteiger charge is 2.19. The second-order valence-electron chi connectivity index (χ2n) is 5.75. The van der Waals surface area contributed by atoms with E-state index in [0.29, 0.717) is 24.4 Å². The van der Waals surface area contributed by atoms with Gasteiger partial charge in [0.15, 0.2) is 6.10 Å². The Morgan fingerprint density at radius 3 is 2.62 bits per heavy atom. The molecule has 0 aliphatic carbocycles. The van der Waals surface area contributed by atoms with Crippen LogP contribution in [0.3, 0.4) is 0 Å². The van der Waals surface area contributed by atoms with Gasteiger partial charge in [-0.25, -0.2) is 4.39 Å². The fourth-order valence-corrected chi connectivity index (χ4v) is 3.66. The summed E-state index contributed by atoms with van der Waals surface area (Å²) in [6.07, 6.45) is -0.236. The van der Waals surface area contributed by atoms with Crippen molar-refractivity contribution in [3.8, 4) is 5.75 Å². The highest BCUT2D eigenvalue weighted by molar-refractivity contribution is 7.16. The first-order chi connectivity index (χ1) is 12.5. The maximum Gasteiger partial charge on any atom is 0.308 e. The number of hydrogen-bond donors (Lipinski definition) is 1. The number of nitrogens with zero attached hydrogens (tertiary/aromatic N) is 1. The zero-order valence-electron chi connectivity index (χ0n) is 14.5. The lowest BCUT2D eigenvalue weighted by Crippen LogP contribution is -2.32. The van der Waals surface area contributed by atoms with Crippen molar-refractivity contribution in [3.05, 3.63) is 57.9 Å². The molecule has 0 bridgehead atoms. The Kier molecular flexibility index (Phi) is 5.37. The van der Waals surface area contributed by atoms with Crippen LogP contribution in [0.5, 0.6) is 5.75 Å². The minimum absolute atomic E-state index is 0.0166. The van der Waals surface area contributed by atoms with E-state index in [4.69, 9.17) is 4.74 Å². The summed E-state index contributed by atoms with van der Waals surface area (Å²) in [7, 11) is 0. The van der Waals surface area contributed by atoms with Gasteiger partial charge in [0.05, 0.1) is 10.2 Å². The van der Waals surface area contributed by atoms with Crippen LogP contribution in [0.2, 0.25) is 0 Å². The Bertz CT molecular complexity index is 979. The number of rotatable bonds is 6. The second kappa shape index (κ2) is 7.70. The minimum atomic E-state index is -0.699. The monoisotopic (exact) mass is 374 g/mol. The molecule has 1 amide bonds. The topological polar surface area (TPSA) is 60.3 Å². The number of amides is 1. The van der Waals surface area contributed by atoms with Gasteiger partial charge in [-0.2, -0.15) is 0 Å². The normalized spacial score (nSPS) is 12.1. The van der Waals surface area contributed by atoms with Gasteiger partial charge in [0.1, 0.15) is 11.6 Å². The van der Waals surface area contributed by atoms with E-state index < -0.39 is 6.10 Å². The number of aryl methyl sites for hydroxylation is 1. The van der Waals surface area contributed by atoms with Crippen LogP contribution < -0.4 is 14.9 Å². The van der Waals surface area contributed by atoms with Crippen LogP contribution in [0.25, 0.3) is 10.2 Å². The van der Waals surface area contributed by atoms with E-state index in [-0.39, 0.29) is 16.6 Å². The van der Waals surface area contributed by atoms with Crippen molar-refractivity contribution in [2.24, 2.45) is 0 Å². The lowest BCUT2D eigenvalue weighted by molar-refractivity contribution is -0.122. The number of benzene rings is 2. The van der Waals surface area contributed by atoms with E-state index in [1.165, 1.54) is 24.3 Å². The Labute approximate surface area is 154 Å². The third-order valence-electron chi connectivity index (χ3n) is 4.01. The number of fused-ring (bicyclic) bond motifs is 1. The highest BCUT2D eigenvalue weighted by Crippen LogP contribution is 2.22. The molecular formula is C19H19FN2O3S. The third kappa shape index (κ3) is 3.77. The molecule has 3 aromatic rings. The summed E-state index contributed by atoms with van der Waals surface area (Å²) in [4.78, 5) is 24.4. The summed E-state index contributed by atoms with van der Waals surface area (Å²) >= 11 is 1.15. The molecular weight excluding hydrogens is 355 g/mol. The number of nitrogens with one attached hydrogen (secondary N) is 1. The number of thiazole rings is 1. The van der Waals surface area contributed by atoms with Crippen LogP contribution in [0, 0.1) is 5.82 Å². The SMILES string of the molecule is CC[C@@H](Oc1ccc(F)cc1)C(=O)Nc1ccc2c(c1)sc(=O)n2CC. The molecule has 0 unspecified atom stereocenters. The number of ether oxygens (including phenoxy) is 1. The molecule has 136 valence electrons. The first-order valence-electron chi connectivity index (χ1n) is 8.38. The molecule has 26 heavy (non-hydrogen) atoms. The van der Waals surface area contributed by atoms with Crippen LogP contribution in [-0.2, 0) is 11.3 Å². The zero-order chi connectivity index (χ0) is 18.7. The Morgan fingerprint density at radius 2 is 1.96 bits per heavy atom. The predicted octanol–water partition coefficient (Wildman–Crippen LogP) is 4.02. The fraction of sp³-hybridized carbons (Fsp3) is 0.263. The lowest BCUT2D eigenvalue weighted by atomic mass is 10.2. The number of anilines is 1. The van der Waals surface area contributed by atoms with Gasteiger partial charge in [-0.05, 0) is 55.8 Å². The van der Waals surface area contributed by atoms with Crippen molar-refractivity contribution in [3.63, 3.8) is 0 Å². The number of hydrogen-bond acceptors (Lipinski definition) is 4. The Hall–Kier alpha value is -2.67. The second-order valence-corrected chi connectivity index (χ2v) is 6.75. The molecule has 0 fully saturated rings. The summed E-state index contributed by atoms with van der Waals surface area (Å²) in [5.74, 6) is -0.221. The standard InChI is InChI=1S/C19H19FN2O3S/c1-3-16(25-14-8-5-12(20)6-9-14)18(23)21-13-7-10-15-17(11-13)26-19(24)22(15)4-2/h5-11,16H,3-4H2,1-2H3,(H,21,23)/t16-/m1/s1. The molecule has 0 aliphatic rings. The third-order valence-corrected chi connectivity index (χ3v) is 4.95. The molecule has 1 heterocycles. The number of aromatic nitrogens is 1. The molecule has 2 aromatic carbocycles. The van der Waals surface area contributed by atoms with Gasteiger partial charge in [0.2, 0.25) is 0 Å². The van der Waals surface area contributed by atoms with Crippen molar-refractivity contribution in [2.45, 2.75) is 32.9 Å². The first-order valence-corrected chi connectivity index (χ1v) is 9.20. The van der Waals surface area contributed by atoms with E-state index in [1.54, 1.807) is 16.7 Å². The molecule has 3 rings (SSSR count).